The van der Waals surface area contributed by atoms with E-state index in [9.17, 15) is 4.79 Å². The normalized spacial score (nSPS) is 9.88. The number of nitriles is 2. The van der Waals surface area contributed by atoms with Gasteiger partial charge in [0.05, 0.1) is 18.7 Å². The van der Waals surface area contributed by atoms with Crippen molar-refractivity contribution in [2.75, 3.05) is 19.0 Å². The molecule has 0 heterocycles. The van der Waals surface area contributed by atoms with Crippen LogP contribution in [-0.2, 0) is 4.79 Å². The summed E-state index contributed by atoms with van der Waals surface area (Å²) in [6.45, 7) is -0.0737. The van der Waals surface area contributed by atoms with Crippen molar-refractivity contribution < 1.29 is 14.3 Å². The smallest absolute Gasteiger partial charge is 0.248 e. The van der Waals surface area contributed by atoms with Gasteiger partial charge in [-0.15, -0.1) is 0 Å². The number of amides is 1. The van der Waals surface area contributed by atoms with E-state index < -0.39 is 0 Å². The first-order valence-corrected chi connectivity index (χ1v) is 7.33. The fourth-order valence-corrected chi connectivity index (χ4v) is 2.04. The number of hydrogen-bond donors (Lipinski definition) is 1. The van der Waals surface area contributed by atoms with Gasteiger partial charge in [-0.25, -0.2) is 0 Å². The molecule has 0 saturated heterocycles. The number of methoxy groups -OCH3 is 1. The molecule has 1 N–H and O–H groups in total. The van der Waals surface area contributed by atoms with Gasteiger partial charge in [0.2, 0.25) is 5.91 Å². The summed E-state index contributed by atoms with van der Waals surface area (Å²) in [5.41, 5.74) is 1.76. The highest BCUT2D eigenvalue weighted by atomic mass is 16.5. The average Bonchev–Trinajstić information content (AvgIpc) is 2.65. The first kappa shape index (κ1) is 17.6. The van der Waals surface area contributed by atoms with Crippen LogP contribution in [0.1, 0.15) is 11.1 Å². The van der Waals surface area contributed by atoms with Gasteiger partial charge >= 0.3 is 0 Å². The van der Waals surface area contributed by atoms with Crippen molar-refractivity contribution in [3.8, 4) is 23.6 Å². The molecule has 124 valence electrons. The molecule has 0 atom stereocenters. The summed E-state index contributed by atoms with van der Waals surface area (Å²) in [5, 5.41) is 20.1. The Hall–Kier alpha value is -3.77. The van der Waals surface area contributed by atoms with Crippen molar-refractivity contribution >= 4 is 17.7 Å². The zero-order valence-corrected chi connectivity index (χ0v) is 13.5. The van der Waals surface area contributed by atoms with Crippen LogP contribution >= 0.6 is 0 Å². The summed E-state index contributed by atoms with van der Waals surface area (Å²) in [5.74, 6) is 0.609. The lowest BCUT2D eigenvalue weighted by Gasteiger charge is -2.08. The predicted octanol–water partition coefficient (Wildman–Crippen LogP) is 3.12. The first-order chi connectivity index (χ1) is 12.2. The molecule has 2 aromatic rings. The maximum absolute atomic E-state index is 12.0. The molecule has 0 aliphatic carbocycles. The third kappa shape index (κ3) is 5.12. The minimum atomic E-state index is -0.320. The highest BCUT2D eigenvalue weighted by molar-refractivity contribution is 6.02. The second kappa shape index (κ2) is 8.76. The quantitative estimate of drug-likeness (QED) is 0.820. The zero-order valence-electron chi connectivity index (χ0n) is 13.5. The second-order valence-electron chi connectivity index (χ2n) is 4.87. The summed E-state index contributed by atoms with van der Waals surface area (Å²) in [7, 11) is 1.50. The lowest BCUT2D eigenvalue weighted by atomic mass is 10.2. The molecular formula is C19H15N3O3. The van der Waals surface area contributed by atoms with Gasteiger partial charge in [0.15, 0.2) is 18.1 Å². The van der Waals surface area contributed by atoms with Crippen LogP contribution in [0.5, 0.6) is 11.5 Å². The average molecular weight is 333 g/mol. The fourth-order valence-electron chi connectivity index (χ4n) is 2.04. The van der Waals surface area contributed by atoms with Crippen LogP contribution in [0, 0.1) is 22.7 Å². The Morgan fingerprint density at radius 2 is 2.04 bits per heavy atom. The summed E-state index contributed by atoms with van der Waals surface area (Å²) < 4.78 is 10.5. The van der Waals surface area contributed by atoms with Crippen molar-refractivity contribution in [1.29, 1.82) is 10.5 Å². The van der Waals surface area contributed by atoms with Crippen LogP contribution in [0.3, 0.4) is 0 Å². The lowest BCUT2D eigenvalue weighted by Crippen LogP contribution is -2.07. The van der Waals surface area contributed by atoms with Gasteiger partial charge < -0.3 is 14.8 Å². The molecule has 0 saturated carbocycles. The van der Waals surface area contributed by atoms with Crippen molar-refractivity contribution in [2.45, 2.75) is 0 Å². The van der Waals surface area contributed by atoms with Crippen LogP contribution in [0.2, 0.25) is 0 Å². The molecule has 0 radical (unpaired) electrons. The first-order valence-electron chi connectivity index (χ1n) is 7.33. The fraction of sp³-hybridized carbons (Fsp3) is 0.105. The number of hydrogen-bond acceptors (Lipinski definition) is 5. The summed E-state index contributed by atoms with van der Waals surface area (Å²) in [6, 6.07) is 15.7. The number of rotatable bonds is 6. The molecule has 2 aromatic carbocycles. The van der Waals surface area contributed by atoms with Crippen LogP contribution in [0.4, 0.5) is 5.69 Å². The SMILES string of the molecule is COc1cc(/C=C/C(=O)Nc2cccc(C#N)c2)ccc1OCC#N. The van der Waals surface area contributed by atoms with Gasteiger partial charge in [-0.3, -0.25) is 4.79 Å². The van der Waals surface area contributed by atoms with Gasteiger partial charge in [0.1, 0.15) is 6.07 Å². The minimum Gasteiger partial charge on any atom is -0.493 e. The van der Waals surface area contributed by atoms with E-state index in [-0.39, 0.29) is 12.5 Å². The monoisotopic (exact) mass is 333 g/mol. The maximum Gasteiger partial charge on any atom is 0.248 e. The maximum atomic E-state index is 12.0. The molecule has 0 aliphatic heterocycles. The molecule has 0 bridgehead atoms. The number of anilines is 1. The van der Waals surface area contributed by atoms with Gasteiger partial charge in [-0.2, -0.15) is 10.5 Å². The lowest BCUT2D eigenvalue weighted by molar-refractivity contribution is -0.111. The number of nitrogens with zero attached hydrogens (tertiary/aromatic N) is 2. The number of ether oxygens (including phenoxy) is 2. The Balaban J connectivity index is 2.06. The van der Waals surface area contributed by atoms with Gasteiger partial charge in [0.25, 0.3) is 0 Å². The Bertz CT molecular complexity index is 876. The molecular weight excluding hydrogens is 318 g/mol. The largest absolute Gasteiger partial charge is 0.493 e. The van der Waals surface area contributed by atoms with Gasteiger partial charge in [-0.1, -0.05) is 12.1 Å². The van der Waals surface area contributed by atoms with Gasteiger partial charge in [-0.05, 0) is 42.0 Å². The highest BCUT2D eigenvalue weighted by Gasteiger charge is 2.05. The van der Waals surface area contributed by atoms with Crippen LogP contribution in [0.25, 0.3) is 6.08 Å². The summed E-state index contributed by atoms with van der Waals surface area (Å²) in [6.07, 6.45) is 3.00. The van der Waals surface area contributed by atoms with E-state index in [0.717, 1.165) is 5.56 Å². The molecule has 1 amide bonds. The Labute approximate surface area is 145 Å². The number of nitrogens with one attached hydrogen (secondary N) is 1. The molecule has 0 aromatic heterocycles. The summed E-state index contributed by atoms with van der Waals surface area (Å²) in [4.78, 5) is 12.0. The molecule has 25 heavy (non-hydrogen) atoms. The summed E-state index contributed by atoms with van der Waals surface area (Å²) >= 11 is 0. The van der Waals surface area contributed by atoms with Gasteiger partial charge in [0, 0.05) is 11.8 Å². The molecule has 6 nitrogen and oxygen atoms in total. The van der Waals surface area contributed by atoms with E-state index in [4.69, 9.17) is 20.0 Å². The standard InChI is InChI=1S/C19H15N3O3/c1-24-18-12-14(5-7-17(18)25-10-9-20)6-8-19(23)22-16-4-2-3-15(11-16)13-21/h2-8,11-12H,10H2,1H3,(H,22,23)/b8-6+. The third-order valence-corrected chi connectivity index (χ3v) is 3.17. The third-order valence-electron chi connectivity index (χ3n) is 3.17. The van der Waals surface area contributed by atoms with E-state index in [1.807, 2.05) is 12.1 Å². The molecule has 0 unspecified atom stereocenters. The van der Waals surface area contributed by atoms with Crippen molar-refractivity contribution in [3.05, 3.63) is 59.7 Å². The van der Waals surface area contributed by atoms with Crippen molar-refractivity contribution in [1.82, 2.24) is 0 Å². The van der Waals surface area contributed by atoms with E-state index in [2.05, 4.69) is 5.32 Å². The highest BCUT2D eigenvalue weighted by Crippen LogP contribution is 2.28. The van der Waals surface area contributed by atoms with E-state index in [0.29, 0.717) is 22.7 Å². The minimum absolute atomic E-state index is 0.0737. The van der Waals surface area contributed by atoms with Crippen molar-refractivity contribution in [3.63, 3.8) is 0 Å². The molecule has 2 rings (SSSR count). The Morgan fingerprint density at radius 1 is 1.20 bits per heavy atom. The molecule has 0 aliphatic rings. The number of carbonyl (C=O) groups is 1. The van der Waals surface area contributed by atoms with Crippen molar-refractivity contribution in [2.24, 2.45) is 0 Å². The van der Waals surface area contributed by atoms with E-state index in [1.54, 1.807) is 48.5 Å². The topological polar surface area (TPSA) is 95.1 Å². The zero-order chi connectivity index (χ0) is 18.1. The Morgan fingerprint density at radius 3 is 2.76 bits per heavy atom. The second-order valence-corrected chi connectivity index (χ2v) is 4.87. The van der Waals surface area contributed by atoms with E-state index in [1.165, 1.54) is 13.2 Å². The predicted molar refractivity (Wildman–Crippen MR) is 92.9 cm³/mol. The molecule has 0 spiro atoms. The number of benzene rings is 2. The van der Waals surface area contributed by atoms with Crippen LogP contribution in [0.15, 0.2) is 48.5 Å². The molecule has 6 heteroatoms. The van der Waals surface area contributed by atoms with E-state index >= 15 is 0 Å². The number of carbonyl (C=O) groups excluding carboxylic acids is 1. The van der Waals surface area contributed by atoms with Crippen LogP contribution in [-0.4, -0.2) is 19.6 Å². The van der Waals surface area contributed by atoms with Crippen LogP contribution < -0.4 is 14.8 Å². The Kier molecular flexibility index (Phi) is 6.16. The molecule has 0 fully saturated rings.